The second-order valence-electron chi connectivity index (χ2n) is 3.09. The summed E-state index contributed by atoms with van der Waals surface area (Å²) in [6.45, 7) is -0.669. The van der Waals surface area contributed by atoms with Gasteiger partial charge in [0.25, 0.3) is 0 Å². The maximum atomic E-state index is 11.7. The number of halogens is 1. The molecule has 88 valence electrons. The summed E-state index contributed by atoms with van der Waals surface area (Å²) in [6, 6.07) is 0. The van der Waals surface area contributed by atoms with E-state index in [0.717, 1.165) is 0 Å². The quantitative estimate of drug-likeness (QED) is 0.398. The summed E-state index contributed by atoms with van der Waals surface area (Å²) < 4.78 is 20.2. The first-order valence-electron chi connectivity index (χ1n) is 4.13. The van der Waals surface area contributed by atoms with Crippen LogP contribution in [-0.2, 0) is 9.47 Å². The largest absolute Gasteiger partial charge is 0.495 e. The van der Waals surface area contributed by atoms with Gasteiger partial charge in [0.2, 0.25) is 0 Å². The summed E-state index contributed by atoms with van der Waals surface area (Å²) in [4.78, 5) is 9.82. The molecule has 1 rings (SSSR count). The fourth-order valence-corrected chi connectivity index (χ4v) is 1.22. The van der Waals surface area contributed by atoms with Crippen LogP contribution in [0.25, 0.3) is 0 Å². The zero-order chi connectivity index (χ0) is 11.6. The Balaban J connectivity index is 2.54. The first-order chi connectivity index (χ1) is 6.93. The Labute approximate surface area is 83.7 Å². The fraction of sp³-hybridized carbons (Fsp3) is 0.857. The zero-order valence-electron chi connectivity index (χ0n) is 7.49. The first kappa shape index (κ1) is 12.3. The Hall–Kier alpha value is -0.800. The van der Waals surface area contributed by atoms with Gasteiger partial charge in [-0.15, -0.1) is 4.39 Å². The third-order valence-corrected chi connectivity index (χ3v) is 2.05. The minimum absolute atomic E-state index is 0.669. The monoisotopic (exact) mass is 226 g/mol. The van der Waals surface area contributed by atoms with Crippen LogP contribution in [0, 0.1) is 0 Å². The van der Waals surface area contributed by atoms with Crippen molar-refractivity contribution in [2.45, 2.75) is 30.7 Å². The van der Waals surface area contributed by atoms with Crippen molar-refractivity contribution in [2.24, 2.45) is 0 Å². The molecule has 0 aromatic rings. The van der Waals surface area contributed by atoms with Gasteiger partial charge in [0.1, 0.15) is 31.0 Å². The van der Waals surface area contributed by atoms with Gasteiger partial charge in [-0.1, -0.05) is 0 Å². The van der Waals surface area contributed by atoms with Gasteiger partial charge in [-0.05, 0) is 0 Å². The number of ether oxygens (including phenoxy) is 2. The van der Waals surface area contributed by atoms with Gasteiger partial charge in [0.05, 0.1) is 0 Å². The molecule has 0 saturated carbocycles. The summed E-state index contributed by atoms with van der Waals surface area (Å²) in [5, 5.41) is 36.5. The van der Waals surface area contributed by atoms with Crippen LogP contribution in [0.1, 0.15) is 0 Å². The maximum Gasteiger partial charge on any atom is 0.495 e. The van der Waals surface area contributed by atoms with E-state index in [1.807, 2.05) is 0 Å². The lowest BCUT2D eigenvalue weighted by atomic mass is 9.99. The van der Waals surface area contributed by atoms with Crippen molar-refractivity contribution in [3.63, 3.8) is 0 Å². The smallest absolute Gasteiger partial charge is 0.437 e. The lowest BCUT2D eigenvalue weighted by molar-refractivity contribution is -0.286. The number of hydrogen-bond acceptors (Lipinski definition) is 7. The normalized spacial score (nSPS) is 41.3. The van der Waals surface area contributed by atoms with Gasteiger partial charge in [-0.25, -0.2) is 4.79 Å². The average Bonchev–Trinajstić information content (AvgIpc) is 2.18. The lowest BCUT2D eigenvalue weighted by Crippen LogP contribution is -2.58. The Morgan fingerprint density at radius 2 is 1.80 bits per heavy atom. The molecule has 1 saturated heterocycles. The van der Waals surface area contributed by atoms with E-state index in [2.05, 4.69) is 9.47 Å². The predicted molar refractivity (Wildman–Crippen MR) is 41.4 cm³/mol. The van der Waals surface area contributed by atoms with Crippen molar-refractivity contribution in [1.82, 2.24) is 0 Å². The number of aliphatic hydroxyl groups excluding tert-OH is 4. The Morgan fingerprint density at radius 1 is 1.20 bits per heavy atom. The maximum absolute atomic E-state index is 11.7. The lowest BCUT2D eigenvalue weighted by Gasteiger charge is -2.37. The SMILES string of the molecule is O=C(F)OCC1OC(O)C(O)C(O)C1O. The molecule has 0 bridgehead atoms. The summed E-state index contributed by atoms with van der Waals surface area (Å²) >= 11 is 0. The van der Waals surface area contributed by atoms with E-state index in [0.29, 0.717) is 0 Å². The van der Waals surface area contributed by atoms with Crippen molar-refractivity contribution >= 4 is 6.22 Å². The van der Waals surface area contributed by atoms with Crippen LogP contribution in [0.4, 0.5) is 9.18 Å². The molecule has 0 aliphatic carbocycles. The Morgan fingerprint density at radius 3 is 2.33 bits per heavy atom. The van der Waals surface area contributed by atoms with Crippen LogP contribution < -0.4 is 0 Å². The highest BCUT2D eigenvalue weighted by Gasteiger charge is 2.43. The Bertz CT molecular complexity index is 235. The molecule has 0 aromatic heterocycles. The summed E-state index contributed by atoms with van der Waals surface area (Å²) in [5.41, 5.74) is 0. The summed E-state index contributed by atoms with van der Waals surface area (Å²) in [7, 11) is 0. The average molecular weight is 226 g/mol. The van der Waals surface area contributed by atoms with Gasteiger partial charge >= 0.3 is 6.22 Å². The Kier molecular flexibility index (Phi) is 3.94. The molecule has 5 unspecified atom stereocenters. The van der Waals surface area contributed by atoms with Crippen molar-refractivity contribution in [1.29, 1.82) is 0 Å². The second kappa shape index (κ2) is 4.81. The highest BCUT2D eigenvalue weighted by molar-refractivity contribution is 5.57. The van der Waals surface area contributed by atoms with Crippen LogP contribution >= 0.6 is 0 Å². The molecule has 0 aromatic carbocycles. The van der Waals surface area contributed by atoms with Gasteiger partial charge in [0, 0.05) is 0 Å². The van der Waals surface area contributed by atoms with Crippen LogP contribution in [0.15, 0.2) is 0 Å². The molecular formula is C7H11FO7. The van der Waals surface area contributed by atoms with Crippen LogP contribution in [-0.4, -0.2) is 64.0 Å². The van der Waals surface area contributed by atoms with E-state index in [-0.39, 0.29) is 0 Å². The molecule has 1 fully saturated rings. The molecule has 5 atom stereocenters. The predicted octanol–water partition coefficient (Wildman–Crippen LogP) is -2.11. The standard InChI is InChI=1S/C7H11FO7/c8-7(13)14-1-2-3(9)4(10)5(11)6(12)15-2/h2-6,9-12H,1H2. The summed E-state index contributed by atoms with van der Waals surface area (Å²) in [6.07, 6.45) is -10.00. The van der Waals surface area contributed by atoms with E-state index in [4.69, 9.17) is 10.2 Å². The number of rotatable bonds is 2. The molecule has 7 nitrogen and oxygen atoms in total. The molecule has 1 aliphatic rings. The highest BCUT2D eigenvalue weighted by Crippen LogP contribution is 2.20. The van der Waals surface area contributed by atoms with E-state index >= 15 is 0 Å². The second-order valence-corrected chi connectivity index (χ2v) is 3.09. The van der Waals surface area contributed by atoms with Crippen molar-refractivity contribution in [3.05, 3.63) is 0 Å². The molecule has 1 heterocycles. The van der Waals surface area contributed by atoms with E-state index in [1.165, 1.54) is 0 Å². The molecule has 4 N–H and O–H groups in total. The third-order valence-electron chi connectivity index (χ3n) is 2.05. The fourth-order valence-electron chi connectivity index (χ4n) is 1.22. The minimum Gasteiger partial charge on any atom is -0.437 e. The van der Waals surface area contributed by atoms with Gasteiger partial charge in [0.15, 0.2) is 6.29 Å². The van der Waals surface area contributed by atoms with Crippen LogP contribution in [0.5, 0.6) is 0 Å². The molecule has 0 amide bonds. The topological polar surface area (TPSA) is 116 Å². The third kappa shape index (κ3) is 2.83. The molecule has 1 aliphatic heterocycles. The summed E-state index contributed by atoms with van der Waals surface area (Å²) in [5.74, 6) is 0. The molecule has 0 radical (unpaired) electrons. The number of carbonyl (C=O) groups excluding carboxylic acids is 1. The van der Waals surface area contributed by atoms with Gasteiger partial charge < -0.3 is 29.9 Å². The van der Waals surface area contributed by atoms with E-state index in [9.17, 15) is 19.4 Å². The number of carbonyl (C=O) groups is 1. The van der Waals surface area contributed by atoms with Crippen LogP contribution in [0.3, 0.4) is 0 Å². The van der Waals surface area contributed by atoms with Crippen LogP contribution in [0.2, 0.25) is 0 Å². The highest BCUT2D eigenvalue weighted by atomic mass is 19.1. The minimum atomic E-state index is -2.07. The van der Waals surface area contributed by atoms with Gasteiger partial charge in [-0.2, -0.15) is 0 Å². The van der Waals surface area contributed by atoms with Gasteiger partial charge in [-0.3, -0.25) is 0 Å². The van der Waals surface area contributed by atoms with E-state index in [1.54, 1.807) is 0 Å². The van der Waals surface area contributed by atoms with Crippen molar-refractivity contribution in [2.75, 3.05) is 6.61 Å². The molecular weight excluding hydrogens is 215 g/mol. The number of hydrogen-bond donors (Lipinski definition) is 4. The molecule has 8 heteroatoms. The van der Waals surface area contributed by atoms with Crippen molar-refractivity contribution < 1.29 is 39.1 Å². The molecule has 15 heavy (non-hydrogen) atoms. The molecule has 0 spiro atoms. The van der Waals surface area contributed by atoms with E-state index < -0.39 is 43.5 Å². The zero-order valence-corrected chi connectivity index (χ0v) is 7.49. The first-order valence-corrected chi connectivity index (χ1v) is 4.13. The van der Waals surface area contributed by atoms with Crippen molar-refractivity contribution in [3.8, 4) is 0 Å². The number of aliphatic hydroxyl groups is 4.